The number of benzene rings is 1. The van der Waals surface area contributed by atoms with Gasteiger partial charge in [0.05, 0.1) is 19.0 Å². The van der Waals surface area contributed by atoms with Gasteiger partial charge in [-0.25, -0.2) is 0 Å². The first-order valence-electron chi connectivity index (χ1n) is 6.37. The molecular formula is C14H20ClNO3S. The SMILES string of the molecule is COCCN(CCO)C(=O)CSCc1cccc(Cl)c1. The first kappa shape index (κ1) is 17.3. The van der Waals surface area contributed by atoms with Gasteiger partial charge >= 0.3 is 0 Å². The smallest absolute Gasteiger partial charge is 0.232 e. The number of thioether (sulfide) groups is 1. The Morgan fingerprint density at radius 2 is 2.25 bits per heavy atom. The van der Waals surface area contributed by atoms with Gasteiger partial charge in [0.1, 0.15) is 0 Å². The van der Waals surface area contributed by atoms with Crippen LogP contribution in [0.15, 0.2) is 24.3 Å². The fourth-order valence-corrected chi connectivity index (χ4v) is 2.75. The average Bonchev–Trinajstić information content (AvgIpc) is 2.43. The maximum absolute atomic E-state index is 12.0. The molecule has 0 atom stereocenters. The molecule has 0 radical (unpaired) electrons. The van der Waals surface area contributed by atoms with Crippen molar-refractivity contribution < 1.29 is 14.6 Å². The molecule has 1 aromatic carbocycles. The number of aliphatic hydroxyl groups excluding tert-OH is 1. The van der Waals surface area contributed by atoms with Gasteiger partial charge in [-0.2, -0.15) is 0 Å². The Bertz CT molecular complexity index is 417. The standard InChI is InChI=1S/C14H20ClNO3S/c1-19-8-6-16(5-7-17)14(18)11-20-10-12-3-2-4-13(15)9-12/h2-4,9,17H,5-8,10-11H2,1H3. The normalized spacial score (nSPS) is 10.6. The third-order valence-electron chi connectivity index (χ3n) is 2.67. The highest BCUT2D eigenvalue weighted by Gasteiger charge is 2.12. The van der Waals surface area contributed by atoms with E-state index >= 15 is 0 Å². The molecule has 0 aliphatic heterocycles. The maximum atomic E-state index is 12.0. The van der Waals surface area contributed by atoms with E-state index in [0.29, 0.717) is 30.5 Å². The zero-order valence-corrected chi connectivity index (χ0v) is 13.1. The lowest BCUT2D eigenvalue weighted by Crippen LogP contribution is -2.37. The van der Waals surface area contributed by atoms with Gasteiger partial charge < -0.3 is 14.7 Å². The molecular weight excluding hydrogens is 298 g/mol. The minimum atomic E-state index is -0.0333. The summed E-state index contributed by atoms with van der Waals surface area (Å²) in [7, 11) is 1.59. The average molecular weight is 318 g/mol. The van der Waals surface area contributed by atoms with Crippen LogP contribution in [0.25, 0.3) is 0 Å². The fourth-order valence-electron chi connectivity index (χ4n) is 1.66. The summed E-state index contributed by atoms with van der Waals surface area (Å²) < 4.78 is 4.96. The number of halogens is 1. The molecule has 0 unspecified atom stereocenters. The first-order valence-corrected chi connectivity index (χ1v) is 7.90. The molecule has 4 nitrogen and oxygen atoms in total. The molecule has 0 fully saturated rings. The molecule has 0 aliphatic carbocycles. The van der Waals surface area contributed by atoms with Crippen LogP contribution in [0, 0.1) is 0 Å². The molecule has 6 heteroatoms. The fraction of sp³-hybridized carbons (Fsp3) is 0.500. The van der Waals surface area contributed by atoms with Gasteiger partial charge in [-0.05, 0) is 17.7 Å². The van der Waals surface area contributed by atoms with Crippen molar-refractivity contribution in [1.82, 2.24) is 4.90 Å². The molecule has 1 aromatic rings. The van der Waals surface area contributed by atoms with Crippen molar-refractivity contribution in [2.24, 2.45) is 0 Å². The minimum absolute atomic E-state index is 0.0168. The number of carbonyl (C=O) groups excluding carboxylic acids is 1. The lowest BCUT2D eigenvalue weighted by atomic mass is 10.2. The summed E-state index contributed by atoms with van der Waals surface area (Å²) in [5.74, 6) is 1.14. The monoisotopic (exact) mass is 317 g/mol. The van der Waals surface area contributed by atoms with E-state index < -0.39 is 0 Å². The summed E-state index contributed by atoms with van der Waals surface area (Å²) >= 11 is 7.45. The van der Waals surface area contributed by atoms with Crippen LogP contribution >= 0.6 is 23.4 Å². The second-order valence-corrected chi connectivity index (χ2v) is 5.64. The predicted molar refractivity (Wildman–Crippen MR) is 83.2 cm³/mol. The molecule has 20 heavy (non-hydrogen) atoms. The number of amides is 1. The molecule has 0 bridgehead atoms. The van der Waals surface area contributed by atoms with Crippen molar-refractivity contribution in [3.63, 3.8) is 0 Å². The van der Waals surface area contributed by atoms with Gasteiger partial charge in [-0.15, -0.1) is 11.8 Å². The molecule has 0 heterocycles. The van der Waals surface area contributed by atoms with Crippen molar-refractivity contribution in [3.05, 3.63) is 34.9 Å². The summed E-state index contributed by atoms with van der Waals surface area (Å²) in [5.41, 5.74) is 1.10. The van der Waals surface area contributed by atoms with Crippen LogP contribution in [-0.2, 0) is 15.3 Å². The number of rotatable bonds is 9. The second-order valence-electron chi connectivity index (χ2n) is 4.22. The zero-order chi connectivity index (χ0) is 14.8. The highest BCUT2D eigenvalue weighted by atomic mass is 35.5. The number of hydrogen-bond acceptors (Lipinski definition) is 4. The largest absolute Gasteiger partial charge is 0.395 e. The predicted octanol–water partition coefficient (Wildman–Crippen LogP) is 2.04. The summed E-state index contributed by atoms with van der Waals surface area (Å²) in [6, 6.07) is 7.61. The molecule has 0 spiro atoms. The number of aliphatic hydroxyl groups is 1. The van der Waals surface area contributed by atoms with E-state index in [9.17, 15) is 4.79 Å². The van der Waals surface area contributed by atoms with Gasteiger partial charge in [0, 0.05) is 31.0 Å². The quantitative estimate of drug-likeness (QED) is 0.757. The molecule has 0 saturated heterocycles. The summed E-state index contributed by atoms with van der Waals surface area (Å²) in [5, 5.41) is 9.67. The van der Waals surface area contributed by atoms with Crippen molar-refractivity contribution in [3.8, 4) is 0 Å². The van der Waals surface area contributed by atoms with Crippen LogP contribution in [0.3, 0.4) is 0 Å². The van der Waals surface area contributed by atoms with Gasteiger partial charge in [-0.1, -0.05) is 23.7 Å². The second kappa shape index (κ2) is 10.0. The van der Waals surface area contributed by atoms with Gasteiger partial charge in [0.25, 0.3) is 0 Å². The van der Waals surface area contributed by atoms with E-state index in [0.717, 1.165) is 11.3 Å². The Kier molecular flexibility index (Phi) is 8.69. The van der Waals surface area contributed by atoms with Gasteiger partial charge in [-0.3, -0.25) is 4.79 Å². The molecule has 1 amide bonds. The van der Waals surface area contributed by atoms with E-state index in [2.05, 4.69) is 0 Å². The van der Waals surface area contributed by atoms with Crippen LogP contribution in [0.4, 0.5) is 0 Å². The Labute approximate surface area is 129 Å². The number of carbonyl (C=O) groups is 1. The number of methoxy groups -OCH3 is 1. The summed E-state index contributed by atoms with van der Waals surface area (Å²) in [4.78, 5) is 13.6. The summed E-state index contributed by atoms with van der Waals surface area (Å²) in [6.07, 6.45) is 0. The highest BCUT2D eigenvalue weighted by molar-refractivity contribution is 7.99. The van der Waals surface area contributed by atoms with Crippen LogP contribution in [0.2, 0.25) is 5.02 Å². The lowest BCUT2D eigenvalue weighted by Gasteiger charge is -2.21. The van der Waals surface area contributed by atoms with Crippen LogP contribution in [-0.4, -0.2) is 55.1 Å². The summed E-state index contributed by atoms with van der Waals surface area (Å²) in [6.45, 7) is 1.30. The number of hydrogen-bond donors (Lipinski definition) is 1. The topological polar surface area (TPSA) is 49.8 Å². The minimum Gasteiger partial charge on any atom is -0.395 e. The Morgan fingerprint density at radius 3 is 2.90 bits per heavy atom. The van der Waals surface area contributed by atoms with Crippen molar-refractivity contribution >= 4 is 29.3 Å². The molecule has 0 saturated carbocycles. The third kappa shape index (κ3) is 6.61. The highest BCUT2D eigenvalue weighted by Crippen LogP contribution is 2.16. The van der Waals surface area contributed by atoms with E-state index in [1.54, 1.807) is 12.0 Å². The van der Waals surface area contributed by atoms with E-state index in [-0.39, 0.29) is 12.5 Å². The first-order chi connectivity index (χ1) is 9.67. The molecule has 1 N–H and O–H groups in total. The van der Waals surface area contributed by atoms with E-state index in [4.69, 9.17) is 21.4 Å². The molecule has 112 valence electrons. The zero-order valence-electron chi connectivity index (χ0n) is 11.5. The van der Waals surface area contributed by atoms with Crippen LogP contribution in [0.5, 0.6) is 0 Å². The Balaban J connectivity index is 2.36. The molecule has 1 rings (SSSR count). The number of ether oxygens (including phenoxy) is 1. The van der Waals surface area contributed by atoms with Crippen molar-refractivity contribution in [1.29, 1.82) is 0 Å². The lowest BCUT2D eigenvalue weighted by molar-refractivity contribution is -0.129. The number of nitrogens with zero attached hydrogens (tertiary/aromatic N) is 1. The van der Waals surface area contributed by atoms with E-state index in [1.807, 2.05) is 24.3 Å². The van der Waals surface area contributed by atoms with Crippen molar-refractivity contribution in [2.75, 3.05) is 39.2 Å². The van der Waals surface area contributed by atoms with Crippen LogP contribution < -0.4 is 0 Å². The van der Waals surface area contributed by atoms with E-state index in [1.165, 1.54) is 11.8 Å². The van der Waals surface area contributed by atoms with Crippen molar-refractivity contribution in [2.45, 2.75) is 5.75 Å². The third-order valence-corrected chi connectivity index (χ3v) is 3.89. The van der Waals surface area contributed by atoms with Crippen LogP contribution in [0.1, 0.15) is 5.56 Å². The Hall–Kier alpha value is -0.750. The maximum Gasteiger partial charge on any atom is 0.232 e. The molecule has 0 aromatic heterocycles. The van der Waals surface area contributed by atoms with Gasteiger partial charge in [0.15, 0.2) is 0 Å². The molecule has 0 aliphatic rings. The van der Waals surface area contributed by atoms with Gasteiger partial charge in [0.2, 0.25) is 5.91 Å². The Morgan fingerprint density at radius 1 is 1.45 bits per heavy atom.